The predicted molar refractivity (Wildman–Crippen MR) is 78.2 cm³/mol. The summed E-state index contributed by atoms with van der Waals surface area (Å²) in [6.45, 7) is 3.01. The van der Waals surface area contributed by atoms with Crippen LogP contribution in [0.2, 0.25) is 0 Å². The first-order valence-corrected chi connectivity index (χ1v) is 6.37. The van der Waals surface area contributed by atoms with Gasteiger partial charge in [-0.05, 0) is 37.1 Å². The predicted octanol–water partition coefficient (Wildman–Crippen LogP) is 1.47. The van der Waals surface area contributed by atoms with Gasteiger partial charge >= 0.3 is 0 Å². The second kappa shape index (κ2) is 6.55. The molecule has 0 aliphatic heterocycles. The summed E-state index contributed by atoms with van der Waals surface area (Å²) >= 11 is 0. The minimum atomic E-state index is -0.187. The molecule has 2 rings (SSSR count). The molecule has 0 aliphatic carbocycles. The number of nitrogens with zero attached hydrogens (tertiary/aromatic N) is 2. The number of hydrogen-bond acceptors (Lipinski definition) is 3. The zero-order chi connectivity index (χ0) is 14.4. The van der Waals surface area contributed by atoms with Crippen molar-refractivity contribution in [2.24, 2.45) is 5.73 Å². The van der Waals surface area contributed by atoms with E-state index in [1.54, 1.807) is 24.3 Å². The fraction of sp³-hybridized carbons (Fsp3) is 0.200. The third kappa shape index (κ3) is 3.25. The van der Waals surface area contributed by atoms with E-state index in [9.17, 15) is 4.79 Å². The number of aryl methyl sites for hydroxylation is 1. The Bertz CT molecular complexity index is 664. The fourth-order valence-electron chi connectivity index (χ4n) is 1.79. The third-order valence-corrected chi connectivity index (χ3v) is 2.71. The van der Waals surface area contributed by atoms with Crippen LogP contribution in [0, 0.1) is 11.8 Å². The first kappa shape index (κ1) is 13.8. The number of carbonyl (C=O) groups excluding carboxylic acids is 1. The lowest BCUT2D eigenvalue weighted by Gasteiger charge is -2.07. The first-order chi connectivity index (χ1) is 9.74. The number of nitrogens with two attached hydrogens (primary N) is 1. The van der Waals surface area contributed by atoms with Gasteiger partial charge in [-0.25, -0.2) is 4.98 Å². The van der Waals surface area contributed by atoms with Gasteiger partial charge in [-0.2, -0.15) is 0 Å². The van der Waals surface area contributed by atoms with Gasteiger partial charge in [0.15, 0.2) is 0 Å². The first-order valence-electron chi connectivity index (χ1n) is 6.37. The van der Waals surface area contributed by atoms with Crippen LogP contribution >= 0.6 is 0 Å². The van der Waals surface area contributed by atoms with E-state index in [4.69, 9.17) is 5.73 Å². The number of pyridine rings is 1. The Labute approximate surface area is 117 Å². The van der Waals surface area contributed by atoms with E-state index in [-0.39, 0.29) is 12.5 Å². The zero-order valence-corrected chi connectivity index (χ0v) is 11.3. The smallest absolute Gasteiger partial charge is 0.273 e. The van der Waals surface area contributed by atoms with Crippen molar-refractivity contribution in [3.8, 4) is 11.8 Å². The monoisotopic (exact) mass is 268 g/mol. The lowest BCUT2D eigenvalue weighted by molar-refractivity contribution is 0.101. The van der Waals surface area contributed by atoms with E-state index in [0.717, 1.165) is 6.54 Å². The second-order valence-corrected chi connectivity index (χ2v) is 4.05. The highest BCUT2D eigenvalue weighted by atomic mass is 16.2. The molecule has 5 heteroatoms. The molecule has 0 atom stereocenters. The number of nitrogens with one attached hydrogen (secondary N) is 1. The van der Waals surface area contributed by atoms with Gasteiger partial charge in [0.1, 0.15) is 17.2 Å². The molecule has 0 bridgehead atoms. The molecule has 1 amide bonds. The minimum Gasteiger partial charge on any atom is -0.344 e. The second-order valence-electron chi connectivity index (χ2n) is 4.05. The molecule has 2 heterocycles. The summed E-state index contributed by atoms with van der Waals surface area (Å²) < 4.78 is 1.87. The highest BCUT2D eigenvalue weighted by molar-refractivity contribution is 6.02. The summed E-state index contributed by atoms with van der Waals surface area (Å²) in [7, 11) is 0. The summed E-state index contributed by atoms with van der Waals surface area (Å²) in [5.41, 5.74) is 6.50. The van der Waals surface area contributed by atoms with Gasteiger partial charge in [0.05, 0.1) is 6.54 Å². The topological polar surface area (TPSA) is 72.9 Å². The van der Waals surface area contributed by atoms with E-state index >= 15 is 0 Å². The average molecular weight is 268 g/mol. The normalized spacial score (nSPS) is 9.70. The van der Waals surface area contributed by atoms with Gasteiger partial charge in [-0.15, -0.1) is 0 Å². The van der Waals surface area contributed by atoms with Crippen LogP contribution in [-0.2, 0) is 6.54 Å². The standard InChI is InChI=1S/C15H16N4O/c1-2-19-11-5-8-13(19)15(20)18-14-9-3-6-12(17-14)7-4-10-16/h3,5-6,8-9,11H,2,10,16H2,1H3,(H,17,18,20). The maximum absolute atomic E-state index is 12.2. The molecule has 0 aliphatic rings. The summed E-state index contributed by atoms with van der Waals surface area (Å²) in [5.74, 6) is 5.85. The van der Waals surface area contributed by atoms with Crippen LogP contribution in [-0.4, -0.2) is 22.0 Å². The highest BCUT2D eigenvalue weighted by Gasteiger charge is 2.10. The molecule has 0 aromatic carbocycles. The van der Waals surface area contributed by atoms with Crippen LogP contribution in [0.1, 0.15) is 23.1 Å². The van der Waals surface area contributed by atoms with E-state index in [1.807, 2.05) is 23.8 Å². The summed E-state index contributed by atoms with van der Waals surface area (Å²) in [5, 5.41) is 2.77. The largest absolute Gasteiger partial charge is 0.344 e. The number of aromatic nitrogens is 2. The van der Waals surface area contributed by atoms with Crippen molar-refractivity contribution in [1.29, 1.82) is 0 Å². The third-order valence-electron chi connectivity index (χ3n) is 2.71. The van der Waals surface area contributed by atoms with Crippen molar-refractivity contribution in [1.82, 2.24) is 9.55 Å². The molecule has 0 saturated carbocycles. The van der Waals surface area contributed by atoms with E-state index in [0.29, 0.717) is 17.2 Å². The van der Waals surface area contributed by atoms with Crippen molar-refractivity contribution in [3.63, 3.8) is 0 Å². The van der Waals surface area contributed by atoms with Crippen LogP contribution in [0.25, 0.3) is 0 Å². The number of carbonyl (C=O) groups is 1. The molecule has 102 valence electrons. The van der Waals surface area contributed by atoms with Gasteiger partial charge in [0, 0.05) is 12.7 Å². The minimum absolute atomic E-state index is 0.187. The molecule has 3 N–H and O–H groups in total. The molecular formula is C15H16N4O. The number of hydrogen-bond donors (Lipinski definition) is 2. The average Bonchev–Trinajstić information content (AvgIpc) is 2.94. The summed E-state index contributed by atoms with van der Waals surface area (Å²) in [4.78, 5) is 16.4. The molecule has 2 aromatic rings. The Morgan fingerprint density at radius 2 is 2.25 bits per heavy atom. The van der Waals surface area contributed by atoms with Crippen LogP contribution < -0.4 is 11.1 Å². The molecule has 0 saturated heterocycles. The van der Waals surface area contributed by atoms with Crippen molar-refractivity contribution in [3.05, 3.63) is 47.9 Å². The Balaban J connectivity index is 2.16. The Morgan fingerprint density at radius 1 is 1.40 bits per heavy atom. The van der Waals surface area contributed by atoms with Crippen molar-refractivity contribution in [2.75, 3.05) is 11.9 Å². The molecule has 0 unspecified atom stereocenters. The number of anilines is 1. The Kier molecular flexibility index (Phi) is 4.53. The number of rotatable bonds is 3. The van der Waals surface area contributed by atoms with Crippen molar-refractivity contribution >= 4 is 11.7 Å². The van der Waals surface area contributed by atoms with Crippen LogP contribution in [0.3, 0.4) is 0 Å². The molecular weight excluding hydrogens is 252 g/mol. The quantitative estimate of drug-likeness (QED) is 0.828. The molecule has 5 nitrogen and oxygen atoms in total. The summed E-state index contributed by atoms with van der Waals surface area (Å²) in [6, 6.07) is 8.91. The molecule has 0 spiro atoms. The molecule has 20 heavy (non-hydrogen) atoms. The van der Waals surface area contributed by atoms with Gasteiger partial charge < -0.3 is 15.6 Å². The van der Waals surface area contributed by atoms with E-state index in [2.05, 4.69) is 22.1 Å². The number of amides is 1. The van der Waals surface area contributed by atoms with Crippen LogP contribution in [0.4, 0.5) is 5.82 Å². The molecule has 2 aromatic heterocycles. The van der Waals surface area contributed by atoms with Gasteiger partial charge in [-0.1, -0.05) is 12.0 Å². The highest BCUT2D eigenvalue weighted by Crippen LogP contribution is 2.08. The Hall–Kier alpha value is -2.58. The van der Waals surface area contributed by atoms with Crippen LogP contribution in [0.15, 0.2) is 36.5 Å². The SMILES string of the molecule is CCn1cccc1C(=O)Nc1cccc(C#CCN)n1. The lowest BCUT2D eigenvalue weighted by Crippen LogP contribution is -2.17. The van der Waals surface area contributed by atoms with E-state index < -0.39 is 0 Å². The maximum Gasteiger partial charge on any atom is 0.273 e. The summed E-state index contributed by atoms with van der Waals surface area (Å²) in [6.07, 6.45) is 1.87. The van der Waals surface area contributed by atoms with Crippen molar-refractivity contribution in [2.45, 2.75) is 13.5 Å². The molecule has 0 fully saturated rings. The fourth-order valence-corrected chi connectivity index (χ4v) is 1.79. The van der Waals surface area contributed by atoms with E-state index in [1.165, 1.54) is 0 Å². The van der Waals surface area contributed by atoms with Crippen molar-refractivity contribution < 1.29 is 4.79 Å². The maximum atomic E-state index is 12.2. The van der Waals surface area contributed by atoms with Gasteiger partial charge in [0.2, 0.25) is 0 Å². The van der Waals surface area contributed by atoms with Gasteiger partial charge in [-0.3, -0.25) is 4.79 Å². The molecule has 0 radical (unpaired) electrons. The van der Waals surface area contributed by atoms with Crippen LogP contribution in [0.5, 0.6) is 0 Å². The Morgan fingerprint density at radius 3 is 3.00 bits per heavy atom. The zero-order valence-electron chi connectivity index (χ0n) is 11.3. The van der Waals surface area contributed by atoms with Gasteiger partial charge in [0.25, 0.3) is 5.91 Å². The lowest BCUT2D eigenvalue weighted by atomic mass is 10.3.